The molecule has 1 heterocycles. The number of benzene rings is 16. The molecule has 2 aliphatic rings. The predicted molar refractivity (Wildman–Crippen MR) is 368 cm³/mol. The number of hydrogen-bond acceptors (Lipinski definition) is 1. The van der Waals surface area contributed by atoms with Gasteiger partial charge in [-0.25, -0.2) is 0 Å². The number of fused-ring (bicyclic) bond motifs is 14. The van der Waals surface area contributed by atoms with Gasteiger partial charge in [0, 0.05) is 16.3 Å². The van der Waals surface area contributed by atoms with Crippen LogP contribution in [0.5, 0.6) is 0 Å². The second-order valence-corrected chi connectivity index (χ2v) is 23.7. The van der Waals surface area contributed by atoms with Crippen LogP contribution in [0, 0.1) is 0 Å². The van der Waals surface area contributed by atoms with Gasteiger partial charge in [0.05, 0.1) is 0 Å². The van der Waals surface area contributed by atoms with Crippen molar-refractivity contribution in [3.8, 4) is 122 Å². The summed E-state index contributed by atoms with van der Waals surface area (Å²) in [5, 5.41) is 15.1. The van der Waals surface area contributed by atoms with Crippen LogP contribution in [0.15, 0.2) is 308 Å². The van der Waals surface area contributed by atoms with Crippen molar-refractivity contribution in [3.05, 3.63) is 303 Å². The molecule has 1 aromatic heterocycles. The number of furan rings is 1. The Morgan fingerprint density at radius 2 is 0.563 bits per heavy atom. The van der Waals surface area contributed by atoms with Crippen molar-refractivity contribution in [1.82, 2.24) is 0 Å². The summed E-state index contributed by atoms with van der Waals surface area (Å²) < 4.78 is 6.97. The molecule has 1 nitrogen and oxygen atoms in total. The third-order valence-electron chi connectivity index (χ3n) is 19.1. The Bertz CT molecular complexity index is 5780. The normalized spacial score (nSPS) is 12.1. The maximum atomic E-state index is 6.97. The molecule has 19 rings (SSSR count). The Balaban J connectivity index is 0.721. The summed E-state index contributed by atoms with van der Waals surface area (Å²) in [6.07, 6.45) is 0. The van der Waals surface area contributed by atoms with E-state index in [9.17, 15) is 0 Å². The zero-order valence-corrected chi connectivity index (χ0v) is 47.3. The summed E-state index contributed by atoms with van der Waals surface area (Å²) in [5.74, 6) is 0. The molecular weight excluding hydrogens is 1050 g/mol. The van der Waals surface area contributed by atoms with Crippen molar-refractivity contribution < 1.29 is 4.42 Å². The predicted octanol–water partition coefficient (Wildman–Crippen LogP) is 24.3. The lowest BCUT2D eigenvalue weighted by Gasteiger charge is -2.17. The molecule has 0 unspecified atom stereocenters. The average molecular weight is 1100 g/mol. The van der Waals surface area contributed by atoms with Crippen molar-refractivity contribution in [1.29, 1.82) is 0 Å². The number of rotatable bonds is 7. The van der Waals surface area contributed by atoms with Gasteiger partial charge in [0.2, 0.25) is 0 Å². The van der Waals surface area contributed by atoms with Crippen molar-refractivity contribution in [3.63, 3.8) is 0 Å². The van der Waals surface area contributed by atoms with Crippen LogP contribution in [0.3, 0.4) is 0 Å². The van der Waals surface area contributed by atoms with E-state index in [-0.39, 0.29) is 0 Å². The largest absolute Gasteiger partial charge is 0.455 e. The molecule has 0 saturated carbocycles. The fraction of sp³-hybridized carbons (Fsp3) is 0. The first-order valence-corrected chi connectivity index (χ1v) is 30.2. The van der Waals surface area contributed by atoms with Crippen LogP contribution in [0.2, 0.25) is 0 Å². The van der Waals surface area contributed by atoms with E-state index in [2.05, 4.69) is 303 Å². The molecule has 17 aromatic rings. The van der Waals surface area contributed by atoms with Gasteiger partial charge < -0.3 is 4.42 Å². The van der Waals surface area contributed by atoms with Gasteiger partial charge >= 0.3 is 0 Å². The van der Waals surface area contributed by atoms with Gasteiger partial charge in [-0.1, -0.05) is 267 Å². The highest BCUT2D eigenvalue weighted by Crippen LogP contribution is 2.58. The molecule has 1 heteroatoms. The Morgan fingerprint density at radius 3 is 1.17 bits per heavy atom. The standard InChI is InChI=1S/C86H50O/c1-2-16-52(17-3-1)65-41-42-66(81-74-28-13-26-71-63-23-8-6-19-61(63)49-76(79(71)74)83(65)81)53-32-34-55(35-33-53)68-45-46-70(86-85(68)73-25-10-11-30-78(73)87-86)56-38-36-54(37-39-56)67-43-44-69(60-22-12-21-58(48-60)59-40-31-51-15-4-5-18-57(51)47-59)82-75-29-14-27-72-64-24-9-7-20-62(64)50-77(80(72)75)84(67)82/h1-50H. The molecule has 0 radical (unpaired) electrons. The van der Waals surface area contributed by atoms with E-state index in [0.29, 0.717) is 0 Å². The SMILES string of the molecule is c1ccc(-c2ccc(-c3ccc(-c4ccc(-c5ccc(-c6ccc(-c7cccc(-c8ccc9ccccc9c8)c7)c7c6-c6cc8ccccc8c8cccc-7c68)cc5)c5oc6ccccc6c45)cc3)c3c2-c2cc4ccccc4c4cccc-3c24)cc1. The lowest BCUT2D eigenvalue weighted by atomic mass is 9.86. The van der Waals surface area contributed by atoms with E-state index >= 15 is 0 Å². The molecule has 0 saturated heterocycles. The van der Waals surface area contributed by atoms with Gasteiger partial charge in [0.25, 0.3) is 0 Å². The highest BCUT2D eigenvalue weighted by Gasteiger charge is 2.31. The smallest absolute Gasteiger partial charge is 0.143 e. The maximum Gasteiger partial charge on any atom is 0.143 e. The summed E-state index contributed by atoms with van der Waals surface area (Å²) in [7, 11) is 0. The summed E-state index contributed by atoms with van der Waals surface area (Å²) in [5.41, 5.74) is 28.8. The van der Waals surface area contributed by atoms with Crippen molar-refractivity contribution in [2.45, 2.75) is 0 Å². The Kier molecular flexibility index (Phi) is 10.2. The zero-order chi connectivity index (χ0) is 56.8. The first-order valence-electron chi connectivity index (χ1n) is 30.2. The summed E-state index contributed by atoms with van der Waals surface area (Å²) >= 11 is 0. The minimum Gasteiger partial charge on any atom is -0.455 e. The fourth-order valence-corrected chi connectivity index (χ4v) is 15.2. The molecule has 16 aromatic carbocycles. The molecular formula is C86H50O. The van der Waals surface area contributed by atoms with Gasteiger partial charge in [0.1, 0.15) is 11.2 Å². The monoisotopic (exact) mass is 1100 g/mol. The summed E-state index contributed by atoms with van der Waals surface area (Å²) in [6.45, 7) is 0. The summed E-state index contributed by atoms with van der Waals surface area (Å²) in [4.78, 5) is 0. The number of hydrogen-bond donors (Lipinski definition) is 0. The van der Waals surface area contributed by atoms with E-state index in [4.69, 9.17) is 4.42 Å². The Morgan fingerprint density at radius 1 is 0.172 bits per heavy atom. The van der Waals surface area contributed by atoms with E-state index in [1.165, 1.54) is 154 Å². The van der Waals surface area contributed by atoms with Crippen LogP contribution in [0.25, 0.3) is 198 Å². The second-order valence-electron chi connectivity index (χ2n) is 23.7. The third kappa shape index (κ3) is 7.15. The molecule has 0 aliphatic heterocycles. The highest BCUT2D eigenvalue weighted by atomic mass is 16.3. The number of para-hydroxylation sites is 1. The first kappa shape index (κ1) is 48.0. The molecule has 0 N–H and O–H groups in total. The van der Waals surface area contributed by atoms with Gasteiger partial charge in [0.15, 0.2) is 0 Å². The van der Waals surface area contributed by atoms with Crippen molar-refractivity contribution in [2.24, 2.45) is 0 Å². The van der Waals surface area contributed by atoms with Crippen LogP contribution in [0.4, 0.5) is 0 Å². The minimum atomic E-state index is 0.879. The van der Waals surface area contributed by atoms with E-state index < -0.39 is 0 Å². The van der Waals surface area contributed by atoms with Crippen molar-refractivity contribution >= 4 is 75.8 Å². The minimum absolute atomic E-state index is 0.879. The fourth-order valence-electron chi connectivity index (χ4n) is 15.2. The second kappa shape index (κ2) is 18.6. The molecule has 0 amide bonds. The van der Waals surface area contributed by atoms with E-state index in [1.807, 2.05) is 0 Å². The first-order chi connectivity index (χ1) is 43.1. The quantitative estimate of drug-likeness (QED) is 0.145. The molecule has 87 heavy (non-hydrogen) atoms. The zero-order valence-electron chi connectivity index (χ0n) is 47.3. The van der Waals surface area contributed by atoms with Gasteiger partial charge in [-0.2, -0.15) is 0 Å². The maximum absolute atomic E-state index is 6.97. The highest BCUT2D eigenvalue weighted by molar-refractivity contribution is 6.29. The van der Waals surface area contributed by atoms with Gasteiger partial charge in [-0.15, -0.1) is 0 Å². The van der Waals surface area contributed by atoms with E-state index in [0.717, 1.165) is 44.2 Å². The molecule has 400 valence electrons. The molecule has 0 atom stereocenters. The van der Waals surface area contributed by atoms with Crippen LogP contribution in [-0.2, 0) is 0 Å². The average Bonchev–Trinajstić information content (AvgIpc) is 1.71. The molecule has 0 fully saturated rings. The third-order valence-corrected chi connectivity index (χ3v) is 19.1. The summed E-state index contributed by atoms with van der Waals surface area (Å²) in [6, 6.07) is 113. The molecule has 0 spiro atoms. The Hall–Kier alpha value is -11.4. The van der Waals surface area contributed by atoms with E-state index in [1.54, 1.807) is 0 Å². The molecule has 2 aliphatic carbocycles. The van der Waals surface area contributed by atoms with Crippen LogP contribution in [-0.4, -0.2) is 0 Å². The lowest BCUT2D eigenvalue weighted by molar-refractivity contribution is 0.670. The topological polar surface area (TPSA) is 13.1 Å². The lowest BCUT2D eigenvalue weighted by Crippen LogP contribution is -1.91. The van der Waals surface area contributed by atoms with Gasteiger partial charge in [-0.05, 0) is 207 Å². The van der Waals surface area contributed by atoms with Crippen molar-refractivity contribution in [2.75, 3.05) is 0 Å². The van der Waals surface area contributed by atoms with Crippen LogP contribution < -0.4 is 0 Å². The van der Waals surface area contributed by atoms with Crippen LogP contribution >= 0.6 is 0 Å². The van der Waals surface area contributed by atoms with Crippen LogP contribution in [0.1, 0.15) is 0 Å². The molecule has 0 bridgehead atoms. The Labute approximate surface area is 502 Å². The van der Waals surface area contributed by atoms with Gasteiger partial charge in [-0.3, -0.25) is 0 Å².